The van der Waals surface area contributed by atoms with Gasteiger partial charge in [0.1, 0.15) is 0 Å². The van der Waals surface area contributed by atoms with Gasteiger partial charge in [0.15, 0.2) is 5.70 Å². The molecule has 5 nitrogen and oxygen atoms in total. The lowest BCUT2D eigenvalue weighted by atomic mass is 10.4. The van der Waals surface area contributed by atoms with E-state index in [1.54, 1.807) is 12.1 Å². The van der Waals surface area contributed by atoms with Gasteiger partial charge >= 0.3 is 11.9 Å². The summed E-state index contributed by atoms with van der Waals surface area (Å²) in [5.41, 5.74) is -0.189. The van der Waals surface area contributed by atoms with Gasteiger partial charge in [-0.3, -0.25) is 0 Å². The Bertz CT molecular complexity index is 472. The lowest BCUT2D eigenvalue weighted by Crippen LogP contribution is -2.04. The summed E-state index contributed by atoms with van der Waals surface area (Å²) in [6.45, 7) is 0. The topological polar surface area (TPSA) is 76.0 Å². The fourth-order valence-electron chi connectivity index (χ4n) is 1.03. The van der Waals surface area contributed by atoms with Crippen LogP contribution in [0.3, 0.4) is 0 Å². The number of cyclic esters (lactones) is 1. The second kappa shape index (κ2) is 3.66. The van der Waals surface area contributed by atoms with E-state index in [1.165, 1.54) is 11.3 Å². The second-order valence-electron chi connectivity index (χ2n) is 2.65. The van der Waals surface area contributed by atoms with Crippen LogP contribution in [0.15, 0.2) is 34.3 Å². The van der Waals surface area contributed by atoms with E-state index in [0.717, 1.165) is 6.08 Å². The number of carboxylic acid groups (broad SMARTS) is 1. The number of hydrogen-bond acceptors (Lipinski definition) is 5. The Kier molecular flexibility index (Phi) is 2.34. The smallest absolute Gasteiger partial charge is 0.364 e. The molecule has 0 aliphatic carbocycles. The summed E-state index contributed by atoms with van der Waals surface area (Å²) in [5, 5.41) is 10.3. The van der Waals surface area contributed by atoms with E-state index in [1.807, 2.05) is 5.38 Å². The van der Waals surface area contributed by atoms with E-state index in [4.69, 9.17) is 9.84 Å². The van der Waals surface area contributed by atoms with Crippen LogP contribution in [-0.2, 0) is 14.3 Å². The Balaban J connectivity index is 2.32. The molecule has 0 unspecified atom stereocenters. The van der Waals surface area contributed by atoms with E-state index in [9.17, 15) is 9.59 Å². The molecule has 1 N–H and O–H groups in total. The highest BCUT2D eigenvalue weighted by Gasteiger charge is 2.25. The summed E-state index contributed by atoms with van der Waals surface area (Å²) in [6, 6.07) is 3.52. The lowest BCUT2D eigenvalue weighted by Gasteiger charge is -1.92. The average Bonchev–Trinajstić information content (AvgIpc) is 2.75. The van der Waals surface area contributed by atoms with Gasteiger partial charge in [0, 0.05) is 0 Å². The van der Waals surface area contributed by atoms with Crippen molar-refractivity contribution in [2.75, 3.05) is 0 Å². The Hall–Kier alpha value is -1.95. The minimum atomic E-state index is -1.22. The van der Waals surface area contributed by atoms with Crippen LogP contribution in [0.4, 0.5) is 0 Å². The molecule has 6 heteroatoms. The molecule has 0 saturated carbocycles. The second-order valence-corrected chi connectivity index (χ2v) is 3.60. The molecule has 76 valence electrons. The third kappa shape index (κ3) is 1.94. The highest BCUT2D eigenvalue weighted by molar-refractivity contribution is 7.12. The van der Waals surface area contributed by atoms with Crippen molar-refractivity contribution in [1.29, 1.82) is 0 Å². The van der Waals surface area contributed by atoms with Gasteiger partial charge in [-0.25, -0.2) is 14.6 Å². The number of carbonyl (C=O) groups excluding carboxylic acids is 1. The van der Waals surface area contributed by atoms with Crippen molar-refractivity contribution in [3.63, 3.8) is 0 Å². The normalized spacial score (nSPS) is 17.7. The molecule has 0 atom stereocenters. The van der Waals surface area contributed by atoms with Gasteiger partial charge in [-0.2, -0.15) is 0 Å². The molecule has 1 aliphatic rings. The molecular formula is C9H5NO4S. The lowest BCUT2D eigenvalue weighted by molar-refractivity contribution is -0.133. The number of ether oxygens (including phenoxy) is 1. The zero-order valence-corrected chi connectivity index (χ0v) is 8.15. The highest BCUT2D eigenvalue weighted by atomic mass is 32.1. The minimum Gasteiger partial charge on any atom is -0.478 e. The van der Waals surface area contributed by atoms with Gasteiger partial charge in [0.25, 0.3) is 0 Å². The standard InChI is InChI=1S/C9H5NO4S/c11-7(12)4-5-9(13)14-8(10-5)6-2-1-3-15-6/h1-4H,(H,11,12)/b5-4+. The van der Waals surface area contributed by atoms with Gasteiger partial charge < -0.3 is 9.84 Å². The van der Waals surface area contributed by atoms with Crippen molar-refractivity contribution in [1.82, 2.24) is 0 Å². The molecule has 0 spiro atoms. The quantitative estimate of drug-likeness (QED) is 0.600. The van der Waals surface area contributed by atoms with Crippen molar-refractivity contribution in [2.24, 2.45) is 4.99 Å². The van der Waals surface area contributed by atoms with Crippen LogP contribution in [0.2, 0.25) is 0 Å². The van der Waals surface area contributed by atoms with Crippen LogP contribution in [0.5, 0.6) is 0 Å². The molecule has 0 radical (unpaired) electrons. The first kappa shape index (κ1) is 9.60. The molecule has 1 aromatic heterocycles. The molecule has 2 heterocycles. The van der Waals surface area contributed by atoms with Crippen molar-refractivity contribution < 1.29 is 19.4 Å². The third-order valence-electron chi connectivity index (χ3n) is 1.61. The average molecular weight is 223 g/mol. The number of carbonyl (C=O) groups is 2. The first-order chi connectivity index (χ1) is 7.16. The molecule has 15 heavy (non-hydrogen) atoms. The van der Waals surface area contributed by atoms with Gasteiger partial charge in [0.05, 0.1) is 11.0 Å². The largest absolute Gasteiger partial charge is 0.478 e. The molecule has 1 aliphatic heterocycles. The molecular weight excluding hydrogens is 218 g/mol. The summed E-state index contributed by atoms with van der Waals surface area (Å²) in [7, 11) is 0. The van der Waals surface area contributed by atoms with E-state index in [-0.39, 0.29) is 11.6 Å². The molecule has 0 fully saturated rings. The number of carboxylic acids is 1. The monoisotopic (exact) mass is 223 g/mol. The number of nitrogens with zero attached hydrogens (tertiary/aromatic N) is 1. The fraction of sp³-hybridized carbons (Fsp3) is 0. The number of hydrogen-bond donors (Lipinski definition) is 1. The van der Waals surface area contributed by atoms with Crippen molar-refractivity contribution in [3.8, 4) is 0 Å². The van der Waals surface area contributed by atoms with E-state index < -0.39 is 11.9 Å². The molecule has 0 amide bonds. The third-order valence-corrected chi connectivity index (χ3v) is 2.47. The van der Waals surface area contributed by atoms with Gasteiger partial charge in [-0.15, -0.1) is 11.3 Å². The molecule has 0 saturated heterocycles. The summed E-state index contributed by atoms with van der Waals surface area (Å²) in [4.78, 5) is 26.0. The zero-order chi connectivity index (χ0) is 10.8. The number of aliphatic imine (C=N–C) groups is 1. The Morgan fingerprint density at radius 3 is 3.00 bits per heavy atom. The maximum absolute atomic E-state index is 11.2. The maximum atomic E-state index is 11.2. The Labute approximate surface area is 88.3 Å². The van der Waals surface area contributed by atoms with Gasteiger partial charge in [0.2, 0.25) is 5.90 Å². The van der Waals surface area contributed by atoms with E-state index >= 15 is 0 Å². The van der Waals surface area contributed by atoms with Crippen LogP contribution in [0, 0.1) is 0 Å². The van der Waals surface area contributed by atoms with Crippen molar-refractivity contribution in [2.45, 2.75) is 0 Å². The van der Waals surface area contributed by atoms with Crippen LogP contribution < -0.4 is 0 Å². The molecule has 2 rings (SSSR count). The molecule has 0 bridgehead atoms. The van der Waals surface area contributed by atoms with E-state index in [2.05, 4.69) is 4.99 Å². The molecule has 0 aromatic carbocycles. The predicted molar refractivity (Wildman–Crippen MR) is 52.7 cm³/mol. The minimum absolute atomic E-state index is 0.155. The van der Waals surface area contributed by atoms with Crippen molar-refractivity contribution >= 4 is 29.2 Å². The van der Waals surface area contributed by atoms with Crippen LogP contribution >= 0.6 is 11.3 Å². The maximum Gasteiger partial charge on any atom is 0.364 e. The Morgan fingerprint density at radius 1 is 1.60 bits per heavy atom. The van der Waals surface area contributed by atoms with Crippen LogP contribution in [0.25, 0.3) is 0 Å². The van der Waals surface area contributed by atoms with E-state index in [0.29, 0.717) is 4.88 Å². The van der Waals surface area contributed by atoms with Crippen molar-refractivity contribution in [3.05, 3.63) is 34.2 Å². The summed E-state index contributed by atoms with van der Waals surface area (Å²) in [5.74, 6) is -1.80. The fourth-order valence-corrected chi connectivity index (χ4v) is 1.68. The summed E-state index contributed by atoms with van der Waals surface area (Å²) in [6.07, 6.45) is 0.725. The zero-order valence-electron chi connectivity index (χ0n) is 7.34. The first-order valence-corrected chi connectivity index (χ1v) is 4.84. The first-order valence-electron chi connectivity index (χ1n) is 3.96. The number of rotatable bonds is 2. The number of esters is 1. The highest BCUT2D eigenvalue weighted by Crippen LogP contribution is 2.19. The SMILES string of the molecule is O=C(O)/C=C1/N=C(c2cccs2)OC1=O. The summed E-state index contributed by atoms with van der Waals surface area (Å²) >= 11 is 1.36. The number of thiophene rings is 1. The van der Waals surface area contributed by atoms with Crippen LogP contribution in [-0.4, -0.2) is 22.9 Å². The summed E-state index contributed by atoms with van der Waals surface area (Å²) < 4.78 is 4.81. The molecule has 1 aromatic rings. The van der Waals surface area contributed by atoms with Crippen LogP contribution in [0.1, 0.15) is 4.88 Å². The van der Waals surface area contributed by atoms with Gasteiger partial charge in [-0.1, -0.05) is 6.07 Å². The number of aliphatic carboxylic acids is 1. The Morgan fingerprint density at radius 2 is 2.40 bits per heavy atom. The predicted octanol–water partition coefficient (Wildman–Crippen LogP) is 1.02. The van der Waals surface area contributed by atoms with Gasteiger partial charge in [-0.05, 0) is 11.4 Å².